The van der Waals surface area contributed by atoms with E-state index in [0.717, 1.165) is 23.9 Å². The number of carbonyl (C=O) groups excluding carboxylic acids is 1. The van der Waals surface area contributed by atoms with Crippen LogP contribution in [0, 0.1) is 11.6 Å². The Morgan fingerprint density at radius 2 is 1.80 bits per heavy atom. The van der Waals surface area contributed by atoms with Gasteiger partial charge in [-0.3, -0.25) is 9.69 Å². The molecule has 2 rings (SSSR count). The van der Waals surface area contributed by atoms with Crippen molar-refractivity contribution in [3.63, 3.8) is 0 Å². The molecule has 0 heterocycles. The van der Waals surface area contributed by atoms with Crippen LogP contribution < -0.4 is 14.8 Å². The van der Waals surface area contributed by atoms with E-state index in [4.69, 9.17) is 9.47 Å². The molecule has 0 atom stereocenters. The van der Waals surface area contributed by atoms with Crippen LogP contribution in [0.1, 0.15) is 0 Å². The summed E-state index contributed by atoms with van der Waals surface area (Å²) in [6, 6.07) is 10.1. The maximum Gasteiger partial charge on any atom is 0.238 e. The third-order valence-electron chi connectivity index (χ3n) is 3.42. The molecule has 25 heavy (non-hydrogen) atoms. The third kappa shape index (κ3) is 6.04. The number of halogens is 2. The van der Waals surface area contributed by atoms with Gasteiger partial charge in [0.15, 0.2) is 0 Å². The minimum absolute atomic E-state index is 0.0297. The van der Waals surface area contributed by atoms with E-state index in [9.17, 15) is 13.6 Å². The number of ether oxygens (including phenoxy) is 2. The highest BCUT2D eigenvalue weighted by atomic mass is 19.1. The maximum atomic E-state index is 13.5. The fourth-order valence-corrected chi connectivity index (χ4v) is 2.10. The molecule has 0 aliphatic heterocycles. The predicted octanol–water partition coefficient (Wildman–Crippen LogP) is 2.92. The summed E-state index contributed by atoms with van der Waals surface area (Å²) in [5.41, 5.74) is -0.173. The first-order valence-corrected chi connectivity index (χ1v) is 7.68. The molecule has 1 amide bonds. The lowest BCUT2D eigenvalue weighted by Gasteiger charge is -2.17. The highest BCUT2D eigenvalue weighted by Gasteiger charge is 2.10. The van der Waals surface area contributed by atoms with E-state index in [2.05, 4.69) is 5.32 Å². The summed E-state index contributed by atoms with van der Waals surface area (Å²) in [5.74, 6) is -0.291. The van der Waals surface area contributed by atoms with Crippen molar-refractivity contribution in [3.8, 4) is 11.5 Å². The maximum absolute atomic E-state index is 13.5. The molecule has 0 aliphatic rings. The van der Waals surface area contributed by atoms with Crippen molar-refractivity contribution in [2.75, 3.05) is 39.2 Å². The molecule has 7 heteroatoms. The van der Waals surface area contributed by atoms with Gasteiger partial charge in [0.25, 0.3) is 0 Å². The van der Waals surface area contributed by atoms with Gasteiger partial charge in [-0.05, 0) is 43.4 Å². The number of hydrogen-bond acceptors (Lipinski definition) is 4. The Hall–Kier alpha value is -2.67. The molecule has 2 aromatic rings. The van der Waals surface area contributed by atoms with Crippen molar-refractivity contribution in [1.29, 1.82) is 0 Å². The van der Waals surface area contributed by atoms with Gasteiger partial charge in [-0.15, -0.1) is 0 Å². The molecule has 0 aliphatic carbocycles. The average Bonchev–Trinajstić information content (AvgIpc) is 2.58. The smallest absolute Gasteiger partial charge is 0.238 e. The second-order valence-electron chi connectivity index (χ2n) is 5.43. The average molecular weight is 350 g/mol. The molecule has 0 spiro atoms. The van der Waals surface area contributed by atoms with Crippen LogP contribution in [-0.4, -0.2) is 44.7 Å². The molecule has 0 saturated heterocycles. The number of rotatable bonds is 8. The standard InChI is InChI=1S/C18H20F2N2O3/c1-22(9-10-25-15-6-4-14(24-2)5-7-15)12-18(23)21-17-11-13(19)3-8-16(17)20/h3-8,11H,9-10,12H2,1-2H3,(H,21,23). The zero-order chi connectivity index (χ0) is 18.2. The molecule has 0 bridgehead atoms. The topological polar surface area (TPSA) is 50.8 Å². The predicted molar refractivity (Wildman–Crippen MR) is 91.0 cm³/mol. The SMILES string of the molecule is COc1ccc(OCCN(C)CC(=O)Nc2cc(F)ccc2F)cc1. The molecule has 2 aromatic carbocycles. The van der Waals surface area contributed by atoms with E-state index in [1.807, 2.05) is 0 Å². The zero-order valence-electron chi connectivity index (χ0n) is 14.1. The normalized spacial score (nSPS) is 10.6. The zero-order valence-corrected chi connectivity index (χ0v) is 14.1. The summed E-state index contributed by atoms with van der Waals surface area (Å²) in [5, 5.41) is 2.35. The van der Waals surface area contributed by atoms with Gasteiger partial charge >= 0.3 is 0 Å². The Labute approximate surface area is 145 Å². The minimum atomic E-state index is -0.680. The molecule has 0 aromatic heterocycles. The molecular weight excluding hydrogens is 330 g/mol. The molecule has 0 saturated carbocycles. The number of hydrogen-bond donors (Lipinski definition) is 1. The van der Waals surface area contributed by atoms with E-state index < -0.39 is 17.5 Å². The van der Waals surface area contributed by atoms with Gasteiger partial charge in [0.1, 0.15) is 29.7 Å². The summed E-state index contributed by atoms with van der Waals surface area (Å²) in [7, 11) is 3.32. The molecule has 1 N–H and O–H groups in total. The Morgan fingerprint density at radius 1 is 1.12 bits per heavy atom. The van der Waals surface area contributed by atoms with Crippen LogP contribution in [0.2, 0.25) is 0 Å². The van der Waals surface area contributed by atoms with Gasteiger partial charge in [-0.1, -0.05) is 0 Å². The highest BCUT2D eigenvalue weighted by Crippen LogP contribution is 2.17. The van der Waals surface area contributed by atoms with Crippen molar-refractivity contribution in [2.45, 2.75) is 0 Å². The first-order valence-electron chi connectivity index (χ1n) is 7.68. The lowest BCUT2D eigenvalue weighted by molar-refractivity contribution is -0.117. The lowest BCUT2D eigenvalue weighted by Crippen LogP contribution is -2.33. The van der Waals surface area contributed by atoms with Crippen LogP contribution in [0.5, 0.6) is 11.5 Å². The fraction of sp³-hybridized carbons (Fsp3) is 0.278. The highest BCUT2D eigenvalue weighted by molar-refractivity contribution is 5.92. The number of benzene rings is 2. The van der Waals surface area contributed by atoms with Gasteiger partial charge in [0.05, 0.1) is 19.3 Å². The van der Waals surface area contributed by atoms with E-state index in [0.29, 0.717) is 18.9 Å². The van der Waals surface area contributed by atoms with Crippen molar-refractivity contribution in [1.82, 2.24) is 4.90 Å². The molecule has 134 valence electrons. The summed E-state index contributed by atoms with van der Waals surface area (Å²) in [6.07, 6.45) is 0. The summed E-state index contributed by atoms with van der Waals surface area (Å²) in [6.45, 7) is 0.900. The summed E-state index contributed by atoms with van der Waals surface area (Å²) >= 11 is 0. The lowest BCUT2D eigenvalue weighted by atomic mass is 10.3. The molecule has 0 unspecified atom stereocenters. The molecule has 0 radical (unpaired) electrons. The Kier molecular flexibility index (Phi) is 6.71. The number of likely N-dealkylation sites (N-methyl/N-ethyl adjacent to an activating group) is 1. The number of nitrogens with zero attached hydrogens (tertiary/aromatic N) is 1. The first kappa shape index (κ1) is 18.7. The monoisotopic (exact) mass is 350 g/mol. The van der Waals surface area contributed by atoms with Gasteiger partial charge in [-0.2, -0.15) is 0 Å². The largest absolute Gasteiger partial charge is 0.497 e. The van der Waals surface area contributed by atoms with Crippen LogP contribution in [0.25, 0.3) is 0 Å². The quantitative estimate of drug-likeness (QED) is 0.795. The van der Waals surface area contributed by atoms with Gasteiger partial charge in [0.2, 0.25) is 5.91 Å². The molecule has 0 fully saturated rings. The first-order chi connectivity index (χ1) is 12.0. The van der Waals surface area contributed by atoms with Gasteiger partial charge in [0, 0.05) is 12.6 Å². The summed E-state index contributed by atoms with van der Waals surface area (Å²) in [4.78, 5) is 13.6. The van der Waals surface area contributed by atoms with Crippen LogP contribution >= 0.6 is 0 Å². The van der Waals surface area contributed by atoms with Crippen LogP contribution in [0.4, 0.5) is 14.5 Å². The number of methoxy groups -OCH3 is 1. The van der Waals surface area contributed by atoms with Crippen LogP contribution in [0.3, 0.4) is 0 Å². The fourth-order valence-electron chi connectivity index (χ4n) is 2.10. The van der Waals surface area contributed by atoms with E-state index in [-0.39, 0.29) is 12.2 Å². The minimum Gasteiger partial charge on any atom is -0.497 e. The second-order valence-corrected chi connectivity index (χ2v) is 5.43. The Morgan fingerprint density at radius 3 is 2.48 bits per heavy atom. The Bertz CT molecular complexity index is 708. The summed E-state index contributed by atoms with van der Waals surface area (Å²) < 4.78 is 37.2. The van der Waals surface area contributed by atoms with Crippen LogP contribution in [-0.2, 0) is 4.79 Å². The molecular formula is C18H20F2N2O3. The van der Waals surface area contributed by atoms with Crippen molar-refractivity contribution >= 4 is 11.6 Å². The van der Waals surface area contributed by atoms with Gasteiger partial charge in [-0.25, -0.2) is 8.78 Å². The number of carbonyl (C=O) groups is 1. The molecule has 5 nitrogen and oxygen atoms in total. The van der Waals surface area contributed by atoms with Crippen molar-refractivity contribution in [3.05, 3.63) is 54.1 Å². The van der Waals surface area contributed by atoms with E-state index in [1.165, 1.54) is 0 Å². The Balaban J connectivity index is 1.74. The van der Waals surface area contributed by atoms with Gasteiger partial charge < -0.3 is 14.8 Å². The second kappa shape index (κ2) is 8.98. The third-order valence-corrected chi connectivity index (χ3v) is 3.42. The van der Waals surface area contributed by atoms with Crippen molar-refractivity contribution < 1.29 is 23.0 Å². The van der Waals surface area contributed by atoms with E-state index in [1.54, 1.807) is 43.3 Å². The number of nitrogens with one attached hydrogen (secondary N) is 1. The van der Waals surface area contributed by atoms with E-state index >= 15 is 0 Å². The van der Waals surface area contributed by atoms with Crippen LogP contribution in [0.15, 0.2) is 42.5 Å². The van der Waals surface area contributed by atoms with Crippen molar-refractivity contribution in [2.24, 2.45) is 0 Å². The number of amides is 1. The number of anilines is 1.